The van der Waals surface area contributed by atoms with Gasteiger partial charge in [-0.25, -0.2) is 4.39 Å². The van der Waals surface area contributed by atoms with Gasteiger partial charge in [-0.05, 0) is 99.0 Å². The molecule has 4 rings (SSSR count). The Morgan fingerprint density at radius 1 is 1.20 bits per heavy atom. The van der Waals surface area contributed by atoms with Crippen LogP contribution in [0.1, 0.15) is 49.5 Å². The zero-order valence-corrected chi connectivity index (χ0v) is 20.3. The predicted molar refractivity (Wildman–Crippen MR) is 134 cm³/mol. The maximum absolute atomic E-state index is 15.4. The number of carboxylic acids is 1. The number of halogens is 1. The lowest BCUT2D eigenvalue weighted by molar-refractivity contribution is -0.139. The number of piperidine rings is 1. The first kappa shape index (κ1) is 25.0. The molecule has 0 spiro atoms. The number of hydrogen-bond acceptors (Lipinski definition) is 5. The van der Waals surface area contributed by atoms with Gasteiger partial charge >= 0.3 is 5.97 Å². The average molecular weight is 480 g/mol. The van der Waals surface area contributed by atoms with E-state index in [2.05, 4.69) is 14.9 Å². The fourth-order valence-corrected chi connectivity index (χ4v) is 5.29. The van der Waals surface area contributed by atoms with Crippen LogP contribution >= 0.6 is 0 Å². The summed E-state index contributed by atoms with van der Waals surface area (Å²) in [6, 6.07) is 13.2. The van der Waals surface area contributed by atoms with Gasteiger partial charge in [0.1, 0.15) is 11.9 Å². The van der Waals surface area contributed by atoms with Crippen LogP contribution in [0.4, 0.5) is 4.39 Å². The van der Waals surface area contributed by atoms with Crippen molar-refractivity contribution in [2.45, 2.75) is 44.7 Å². The summed E-state index contributed by atoms with van der Waals surface area (Å²) in [5, 5.41) is 10.3. The number of likely N-dealkylation sites (tertiary alicyclic amines) is 1. The molecule has 0 aliphatic carbocycles. The fourth-order valence-electron chi connectivity index (χ4n) is 5.29. The van der Waals surface area contributed by atoms with Gasteiger partial charge in [0.05, 0.1) is 12.6 Å². The highest BCUT2D eigenvalue weighted by Crippen LogP contribution is 2.36. The molecular weight excluding hydrogens is 445 g/mol. The predicted octanol–water partition coefficient (Wildman–Crippen LogP) is 5.47. The minimum atomic E-state index is -1.13. The number of carbonyl (C=O) groups is 1. The molecule has 0 saturated carbocycles. The molecule has 3 atom stereocenters. The van der Waals surface area contributed by atoms with E-state index >= 15 is 4.39 Å². The summed E-state index contributed by atoms with van der Waals surface area (Å²) in [7, 11) is 1.59. The van der Waals surface area contributed by atoms with Crippen LogP contribution in [0.3, 0.4) is 0 Å². The fraction of sp³-hybridized carbons (Fsp3) is 0.464. The summed E-state index contributed by atoms with van der Waals surface area (Å²) in [5.74, 6) is 0.145. The van der Waals surface area contributed by atoms with E-state index in [4.69, 9.17) is 4.74 Å². The Bertz CT molecular complexity index is 1110. The molecule has 1 saturated heterocycles. The van der Waals surface area contributed by atoms with Crippen LogP contribution in [0.15, 0.2) is 54.9 Å². The Balaban J connectivity index is 1.35. The molecule has 0 radical (unpaired) electrons. The number of aliphatic carboxylic acids is 1. The van der Waals surface area contributed by atoms with Crippen LogP contribution in [-0.4, -0.2) is 52.7 Å². The lowest BCUT2D eigenvalue weighted by atomic mass is 9.79. The number of carboxylic acid groups (broad SMARTS) is 1. The summed E-state index contributed by atoms with van der Waals surface area (Å²) in [4.78, 5) is 22.7. The molecule has 1 fully saturated rings. The number of methoxy groups -OCH3 is 1. The van der Waals surface area contributed by atoms with Crippen molar-refractivity contribution in [3.05, 3.63) is 66.1 Å². The van der Waals surface area contributed by atoms with Gasteiger partial charge in [0.25, 0.3) is 0 Å². The van der Waals surface area contributed by atoms with Gasteiger partial charge in [-0.3, -0.25) is 14.8 Å². The highest BCUT2D eigenvalue weighted by atomic mass is 19.1. The molecule has 186 valence electrons. The third kappa shape index (κ3) is 6.75. The van der Waals surface area contributed by atoms with Crippen LogP contribution in [0.2, 0.25) is 0 Å². The third-order valence-corrected chi connectivity index (χ3v) is 7.16. The van der Waals surface area contributed by atoms with E-state index in [1.165, 1.54) is 0 Å². The minimum absolute atomic E-state index is 0.0394. The molecule has 6 nitrogen and oxygen atoms in total. The van der Waals surface area contributed by atoms with Crippen molar-refractivity contribution in [1.82, 2.24) is 14.9 Å². The van der Waals surface area contributed by atoms with Crippen molar-refractivity contribution in [3.63, 3.8) is 0 Å². The largest absolute Gasteiger partial charge is 0.497 e. The molecule has 1 aliphatic rings. The van der Waals surface area contributed by atoms with Crippen molar-refractivity contribution in [3.8, 4) is 5.75 Å². The van der Waals surface area contributed by atoms with Crippen molar-refractivity contribution in [2.75, 3.05) is 26.7 Å². The monoisotopic (exact) mass is 479 g/mol. The first-order chi connectivity index (χ1) is 17.0. The van der Waals surface area contributed by atoms with Crippen molar-refractivity contribution in [2.24, 2.45) is 11.8 Å². The van der Waals surface area contributed by atoms with Crippen LogP contribution in [0.25, 0.3) is 10.9 Å². The smallest absolute Gasteiger partial charge is 0.303 e. The molecule has 1 N–H and O–H groups in total. The summed E-state index contributed by atoms with van der Waals surface area (Å²) < 4.78 is 20.8. The van der Waals surface area contributed by atoms with E-state index in [-0.39, 0.29) is 18.3 Å². The molecule has 0 amide bonds. The number of nitrogens with zero attached hydrogens (tertiary/aromatic N) is 3. The molecule has 3 aromatic rings. The van der Waals surface area contributed by atoms with Crippen molar-refractivity contribution in [1.29, 1.82) is 0 Å². The number of ether oxygens (including phenoxy) is 1. The van der Waals surface area contributed by atoms with E-state index < -0.39 is 12.1 Å². The van der Waals surface area contributed by atoms with E-state index in [1.54, 1.807) is 19.4 Å². The van der Waals surface area contributed by atoms with E-state index in [1.807, 2.05) is 42.6 Å². The van der Waals surface area contributed by atoms with Crippen LogP contribution in [-0.2, 0) is 11.2 Å². The Hall–Kier alpha value is -3.06. The average Bonchev–Trinajstić information content (AvgIpc) is 2.87. The number of rotatable bonds is 11. The second-order valence-corrected chi connectivity index (χ2v) is 9.46. The number of benzene rings is 1. The molecular formula is C28H34FN3O3. The summed E-state index contributed by atoms with van der Waals surface area (Å²) in [5.41, 5.74) is 2.45. The van der Waals surface area contributed by atoms with Crippen LogP contribution in [0, 0.1) is 11.8 Å². The van der Waals surface area contributed by atoms with Crippen molar-refractivity contribution < 1.29 is 19.0 Å². The molecule has 7 heteroatoms. The highest BCUT2D eigenvalue weighted by molar-refractivity contribution is 5.83. The van der Waals surface area contributed by atoms with Gasteiger partial charge < -0.3 is 14.7 Å². The molecule has 2 aromatic heterocycles. The van der Waals surface area contributed by atoms with Gasteiger partial charge in [-0.2, -0.15) is 0 Å². The third-order valence-electron chi connectivity index (χ3n) is 7.16. The van der Waals surface area contributed by atoms with Crippen LogP contribution in [0.5, 0.6) is 5.75 Å². The van der Waals surface area contributed by atoms with Gasteiger partial charge in [0, 0.05) is 36.4 Å². The summed E-state index contributed by atoms with van der Waals surface area (Å²) in [6.45, 7) is 2.61. The molecule has 1 aliphatic heterocycles. The minimum Gasteiger partial charge on any atom is -0.497 e. The van der Waals surface area contributed by atoms with E-state index in [0.717, 1.165) is 55.5 Å². The maximum atomic E-state index is 15.4. The molecule has 0 bridgehead atoms. The molecule has 3 heterocycles. The maximum Gasteiger partial charge on any atom is 0.303 e. The van der Waals surface area contributed by atoms with Gasteiger partial charge in [0.2, 0.25) is 0 Å². The lowest BCUT2D eigenvalue weighted by Crippen LogP contribution is -2.42. The second kappa shape index (κ2) is 12.1. The van der Waals surface area contributed by atoms with E-state index in [0.29, 0.717) is 24.2 Å². The molecule has 1 aromatic carbocycles. The first-order valence-electron chi connectivity index (χ1n) is 12.4. The van der Waals surface area contributed by atoms with Crippen molar-refractivity contribution >= 4 is 16.9 Å². The number of pyridine rings is 2. The topological polar surface area (TPSA) is 75.5 Å². The van der Waals surface area contributed by atoms with Gasteiger partial charge in [-0.1, -0.05) is 6.07 Å². The number of fused-ring (bicyclic) bond motifs is 1. The van der Waals surface area contributed by atoms with Crippen LogP contribution < -0.4 is 4.74 Å². The zero-order valence-electron chi connectivity index (χ0n) is 20.3. The number of alkyl halides is 1. The molecule has 35 heavy (non-hydrogen) atoms. The van der Waals surface area contributed by atoms with E-state index in [9.17, 15) is 9.90 Å². The normalized spacial score (nSPS) is 19.5. The summed E-state index contributed by atoms with van der Waals surface area (Å²) in [6.07, 6.45) is 6.32. The molecule has 0 unspecified atom stereocenters. The number of aryl methyl sites for hydroxylation is 1. The number of aromatic nitrogens is 2. The first-order valence-corrected chi connectivity index (χ1v) is 12.4. The standard InChI is InChI=1S/C28H34FN3O3/c1-35-23-8-10-27-25(18-23)24(11-14-31-27)26(29)9-7-20-12-16-32(19-21(20)17-28(33)34)15-4-6-22-5-2-3-13-30-22/h2-3,5,8,10-11,13-14,18,20-21,26H,4,6-7,9,12,15-17,19H2,1H3,(H,33,34)/t20-,21+,26-/m1/s1. The van der Waals surface area contributed by atoms with Gasteiger partial charge in [-0.15, -0.1) is 0 Å². The Kier molecular flexibility index (Phi) is 8.64. The summed E-state index contributed by atoms with van der Waals surface area (Å²) >= 11 is 0. The lowest BCUT2D eigenvalue weighted by Gasteiger charge is -2.38. The van der Waals surface area contributed by atoms with Gasteiger partial charge in [0.15, 0.2) is 0 Å². The zero-order chi connectivity index (χ0) is 24.6. The Morgan fingerprint density at radius 3 is 2.86 bits per heavy atom. The number of hydrogen-bond donors (Lipinski definition) is 1. The SMILES string of the molecule is COc1ccc2nccc([C@H](F)CC[C@@H]3CCN(CCCc4ccccn4)C[C@@H]3CC(=O)O)c2c1. The highest BCUT2D eigenvalue weighted by Gasteiger charge is 2.31. The quantitative estimate of drug-likeness (QED) is 0.393. The second-order valence-electron chi connectivity index (χ2n) is 9.46. The Labute approximate surface area is 206 Å². The Morgan fingerprint density at radius 2 is 2.09 bits per heavy atom.